The van der Waals surface area contributed by atoms with E-state index in [9.17, 15) is 4.79 Å². The highest BCUT2D eigenvalue weighted by molar-refractivity contribution is 9.12. The zero-order chi connectivity index (χ0) is 9.40. The summed E-state index contributed by atoms with van der Waals surface area (Å²) in [6, 6.07) is 0. The number of allylic oxidation sites excluding steroid dienone is 1. The maximum absolute atomic E-state index is 11.0. The Balaban J connectivity index is 3.68. The van der Waals surface area contributed by atoms with Crippen LogP contribution in [0.5, 0.6) is 0 Å². The van der Waals surface area contributed by atoms with Gasteiger partial charge in [-0.1, -0.05) is 6.08 Å². The fourth-order valence-corrected chi connectivity index (χ4v) is 0.880. The average Bonchev–Trinajstić information content (AvgIpc) is 2.05. The minimum absolute atomic E-state index is 0.157. The van der Waals surface area contributed by atoms with Gasteiger partial charge in [0.25, 0.3) is 5.91 Å². The molecule has 0 rings (SSSR count). The van der Waals surface area contributed by atoms with Crippen LogP contribution in [0.1, 0.15) is 12.8 Å². The number of hydrogen-bond acceptors (Lipinski definition) is 1. The summed E-state index contributed by atoms with van der Waals surface area (Å²) in [5, 5.41) is 0. The van der Waals surface area contributed by atoms with Crippen LogP contribution in [0.25, 0.3) is 0 Å². The lowest BCUT2D eigenvalue weighted by molar-refractivity contribution is -0.123. The Kier molecular flexibility index (Phi) is 6.50. The second kappa shape index (κ2) is 6.93. The third-order valence-corrected chi connectivity index (χ3v) is 1.60. The van der Waals surface area contributed by atoms with Crippen LogP contribution < -0.4 is 0 Å². The summed E-state index contributed by atoms with van der Waals surface area (Å²) in [5.41, 5.74) is 0. The molecule has 0 fully saturated rings. The Labute approximate surface area is 81.8 Å². The van der Waals surface area contributed by atoms with Gasteiger partial charge >= 0.3 is 0 Å². The fourth-order valence-electron chi connectivity index (χ4n) is 0.710. The van der Waals surface area contributed by atoms with Crippen LogP contribution in [0.15, 0.2) is 12.7 Å². The lowest BCUT2D eigenvalue weighted by atomic mass is 10.3. The molecule has 0 aliphatic rings. The van der Waals surface area contributed by atoms with Crippen LogP contribution in [0, 0.1) is 10.8 Å². The Bertz CT molecular complexity index is 214. The molecule has 0 bridgehead atoms. The van der Waals surface area contributed by atoms with Crippen LogP contribution in [-0.4, -0.2) is 24.4 Å². The zero-order valence-electron chi connectivity index (χ0n) is 7.14. The standard InChI is InChI=1S/C9H12BrNO/c1-3-4-5-8-11(2)9(12)6-7-10/h3H,1,4-5,8H2,2H3. The van der Waals surface area contributed by atoms with Gasteiger partial charge in [-0.05, 0) is 17.7 Å². The number of carbonyl (C=O) groups is 1. The van der Waals surface area contributed by atoms with Crippen LogP contribution >= 0.6 is 15.9 Å². The molecule has 3 heteroatoms. The Morgan fingerprint density at radius 3 is 2.92 bits per heavy atom. The highest BCUT2D eigenvalue weighted by Gasteiger charge is 2.02. The fraction of sp³-hybridized carbons (Fsp3) is 0.444. The van der Waals surface area contributed by atoms with E-state index in [0.717, 1.165) is 19.4 Å². The summed E-state index contributed by atoms with van der Waals surface area (Å²) >= 11 is 2.88. The zero-order valence-corrected chi connectivity index (χ0v) is 8.73. The highest BCUT2D eigenvalue weighted by Crippen LogP contribution is 1.93. The lowest BCUT2D eigenvalue weighted by Crippen LogP contribution is -2.25. The molecule has 0 saturated heterocycles. The van der Waals surface area contributed by atoms with Gasteiger partial charge in [0.05, 0.1) is 0 Å². The number of nitrogens with zero attached hydrogens (tertiary/aromatic N) is 1. The quantitative estimate of drug-likeness (QED) is 0.409. The minimum Gasteiger partial charge on any atom is -0.335 e. The van der Waals surface area contributed by atoms with Gasteiger partial charge < -0.3 is 4.90 Å². The van der Waals surface area contributed by atoms with Crippen molar-refractivity contribution in [2.24, 2.45) is 0 Å². The smallest absolute Gasteiger partial charge is 0.299 e. The summed E-state index contributed by atoms with van der Waals surface area (Å²) < 4.78 is 0. The molecule has 12 heavy (non-hydrogen) atoms. The first-order valence-corrected chi connectivity index (χ1v) is 4.49. The average molecular weight is 230 g/mol. The van der Waals surface area contributed by atoms with Crippen molar-refractivity contribution in [3.8, 4) is 10.8 Å². The van der Waals surface area contributed by atoms with E-state index in [0.29, 0.717) is 0 Å². The number of hydrogen-bond donors (Lipinski definition) is 0. The molecule has 1 amide bonds. The van der Waals surface area contributed by atoms with Crippen molar-refractivity contribution in [3.05, 3.63) is 12.7 Å². The molecule has 0 N–H and O–H groups in total. The molecule has 0 aliphatic carbocycles. The molecule has 0 heterocycles. The predicted octanol–water partition coefficient (Wildman–Crippen LogP) is 1.77. The largest absolute Gasteiger partial charge is 0.335 e. The number of unbranched alkanes of at least 4 members (excludes halogenated alkanes) is 1. The number of halogens is 1. The number of carbonyl (C=O) groups excluding carboxylic acids is 1. The van der Waals surface area contributed by atoms with E-state index in [1.807, 2.05) is 6.08 Å². The summed E-state index contributed by atoms with van der Waals surface area (Å²) in [6.45, 7) is 4.33. The molecular formula is C9H12BrNO. The van der Waals surface area contributed by atoms with Crippen molar-refractivity contribution in [1.82, 2.24) is 4.90 Å². The van der Waals surface area contributed by atoms with Crippen LogP contribution in [-0.2, 0) is 4.79 Å². The summed E-state index contributed by atoms with van der Waals surface area (Å²) in [4.78, 5) is 15.0. The third-order valence-electron chi connectivity index (χ3n) is 1.40. The molecule has 0 aromatic carbocycles. The molecule has 0 spiro atoms. The van der Waals surface area contributed by atoms with Gasteiger partial charge in [0.1, 0.15) is 0 Å². The van der Waals surface area contributed by atoms with E-state index in [2.05, 4.69) is 33.3 Å². The van der Waals surface area contributed by atoms with Crippen molar-refractivity contribution in [3.63, 3.8) is 0 Å². The molecule has 0 aromatic rings. The van der Waals surface area contributed by atoms with Gasteiger partial charge in [-0.25, -0.2) is 0 Å². The van der Waals surface area contributed by atoms with Gasteiger partial charge in [-0.15, -0.1) is 6.58 Å². The van der Waals surface area contributed by atoms with Crippen molar-refractivity contribution in [1.29, 1.82) is 0 Å². The normalized spacial score (nSPS) is 8.17. The Hall–Kier alpha value is -0.750. The van der Waals surface area contributed by atoms with Crippen LogP contribution in [0.2, 0.25) is 0 Å². The predicted molar refractivity (Wildman–Crippen MR) is 53.8 cm³/mol. The van der Waals surface area contributed by atoms with Crippen molar-refractivity contribution < 1.29 is 4.79 Å². The summed E-state index contributed by atoms with van der Waals surface area (Å²) in [5.74, 6) is 2.24. The van der Waals surface area contributed by atoms with Crippen molar-refractivity contribution in [2.45, 2.75) is 12.8 Å². The van der Waals surface area contributed by atoms with E-state index < -0.39 is 0 Å². The first-order chi connectivity index (χ1) is 5.72. The highest BCUT2D eigenvalue weighted by atomic mass is 79.9. The second-order valence-corrected chi connectivity index (χ2v) is 2.77. The second-order valence-electron chi connectivity index (χ2n) is 2.38. The third kappa shape index (κ3) is 4.97. The number of amides is 1. The lowest BCUT2D eigenvalue weighted by Gasteiger charge is -2.12. The summed E-state index contributed by atoms with van der Waals surface area (Å²) in [7, 11) is 1.74. The topological polar surface area (TPSA) is 20.3 Å². The van der Waals surface area contributed by atoms with E-state index in [4.69, 9.17) is 0 Å². The first kappa shape index (κ1) is 11.2. The number of rotatable bonds is 4. The maximum atomic E-state index is 11.0. The minimum atomic E-state index is -0.157. The van der Waals surface area contributed by atoms with Crippen LogP contribution in [0.3, 0.4) is 0 Å². The van der Waals surface area contributed by atoms with Crippen LogP contribution in [0.4, 0.5) is 0 Å². The molecule has 0 saturated carbocycles. The molecule has 0 aromatic heterocycles. The van der Waals surface area contributed by atoms with Gasteiger partial charge in [-0.2, -0.15) is 0 Å². The van der Waals surface area contributed by atoms with Gasteiger partial charge in [0.2, 0.25) is 0 Å². The monoisotopic (exact) mass is 229 g/mol. The van der Waals surface area contributed by atoms with Gasteiger partial charge in [0, 0.05) is 35.4 Å². The van der Waals surface area contributed by atoms with E-state index >= 15 is 0 Å². The summed E-state index contributed by atoms with van der Waals surface area (Å²) in [6.07, 6.45) is 3.71. The molecule has 0 aliphatic heterocycles. The molecule has 0 radical (unpaired) electrons. The van der Waals surface area contributed by atoms with Gasteiger partial charge in [0.15, 0.2) is 0 Å². The first-order valence-electron chi connectivity index (χ1n) is 3.70. The molecule has 0 atom stereocenters. The van der Waals surface area contributed by atoms with Gasteiger partial charge in [-0.3, -0.25) is 4.79 Å². The molecular weight excluding hydrogens is 218 g/mol. The van der Waals surface area contributed by atoms with E-state index in [1.165, 1.54) is 0 Å². The van der Waals surface area contributed by atoms with Crippen molar-refractivity contribution >= 4 is 21.8 Å². The van der Waals surface area contributed by atoms with E-state index in [1.54, 1.807) is 11.9 Å². The van der Waals surface area contributed by atoms with Crippen molar-refractivity contribution in [2.75, 3.05) is 13.6 Å². The Morgan fingerprint density at radius 1 is 1.75 bits per heavy atom. The Morgan fingerprint density at radius 2 is 2.42 bits per heavy atom. The molecule has 2 nitrogen and oxygen atoms in total. The van der Waals surface area contributed by atoms with E-state index in [-0.39, 0.29) is 5.91 Å². The molecule has 0 unspecified atom stereocenters. The maximum Gasteiger partial charge on any atom is 0.299 e. The molecule has 66 valence electrons. The SMILES string of the molecule is C=CCCCN(C)C(=O)C#CBr.